The maximum atomic E-state index is 12.0. The second kappa shape index (κ2) is 6.26. The van der Waals surface area contributed by atoms with Crippen molar-refractivity contribution in [3.05, 3.63) is 58.3 Å². The Bertz CT molecular complexity index is 973. The Morgan fingerprint density at radius 1 is 1.17 bits per heavy atom. The first kappa shape index (κ1) is 15.9. The monoisotopic (exact) mass is 329 g/mol. The van der Waals surface area contributed by atoms with Gasteiger partial charge in [0.15, 0.2) is 0 Å². The van der Waals surface area contributed by atoms with E-state index < -0.39 is 5.97 Å². The molecule has 3 N–H and O–H groups in total. The number of fused-ring (bicyclic) bond motifs is 1. The molecule has 0 amide bonds. The third-order valence-corrected chi connectivity index (χ3v) is 3.71. The number of imidazole rings is 1. The van der Waals surface area contributed by atoms with Crippen LogP contribution in [0, 0.1) is 0 Å². The molecule has 1 aromatic carbocycles. The molecule has 0 fully saturated rings. The third-order valence-electron chi connectivity index (χ3n) is 3.71. The SMILES string of the molecule is O=C(O)c1ccc(=O)n(-c2ccc3c(c2)nc(CO)n3CCO)c1. The minimum Gasteiger partial charge on any atom is -0.478 e. The molecule has 3 aromatic rings. The van der Waals surface area contributed by atoms with Gasteiger partial charge in [0.05, 0.1) is 28.9 Å². The number of carboxylic acids is 1. The zero-order valence-electron chi connectivity index (χ0n) is 12.6. The van der Waals surface area contributed by atoms with E-state index in [0.29, 0.717) is 29.1 Å². The van der Waals surface area contributed by atoms with Gasteiger partial charge < -0.3 is 19.9 Å². The molecular weight excluding hydrogens is 314 g/mol. The highest BCUT2D eigenvalue weighted by Gasteiger charge is 2.12. The number of aromatic nitrogens is 3. The number of aliphatic hydroxyl groups excluding tert-OH is 2. The molecule has 2 heterocycles. The van der Waals surface area contributed by atoms with Crippen LogP contribution >= 0.6 is 0 Å². The molecule has 0 spiro atoms. The molecule has 0 unspecified atom stereocenters. The van der Waals surface area contributed by atoms with Crippen LogP contribution in [0.1, 0.15) is 16.2 Å². The van der Waals surface area contributed by atoms with Gasteiger partial charge in [0.25, 0.3) is 5.56 Å². The topological polar surface area (TPSA) is 118 Å². The summed E-state index contributed by atoms with van der Waals surface area (Å²) in [5, 5.41) is 27.6. The van der Waals surface area contributed by atoms with Crippen molar-refractivity contribution >= 4 is 17.0 Å². The van der Waals surface area contributed by atoms with Gasteiger partial charge in [0.2, 0.25) is 0 Å². The van der Waals surface area contributed by atoms with Crippen LogP contribution in [0.4, 0.5) is 0 Å². The minimum absolute atomic E-state index is 0.00319. The molecule has 3 rings (SSSR count). The van der Waals surface area contributed by atoms with E-state index in [1.165, 1.54) is 22.9 Å². The van der Waals surface area contributed by atoms with E-state index in [1.54, 1.807) is 22.8 Å². The number of benzene rings is 1. The largest absolute Gasteiger partial charge is 0.478 e. The lowest BCUT2D eigenvalue weighted by Crippen LogP contribution is -2.18. The van der Waals surface area contributed by atoms with Crippen molar-refractivity contribution in [1.82, 2.24) is 14.1 Å². The van der Waals surface area contributed by atoms with Gasteiger partial charge >= 0.3 is 5.97 Å². The number of hydrogen-bond donors (Lipinski definition) is 3. The number of hydrogen-bond acceptors (Lipinski definition) is 5. The third kappa shape index (κ3) is 2.68. The Balaban J connectivity index is 2.17. The van der Waals surface area contributed by atoms with E-state index in [9.17, 15) is 14.7 Å². The predicted octanol–water partition coefficient (Wildman–Crippen LogP) is 0.370. The normalized spacial score (nSPS) is 11.1. The van der Waals surface area contributed by atoms with Crippen molar-refractivity contribution in [3.63, 3.8) is 0 Å². The fourth-order valence-electron chi connectivity index (χ4n) is 2.60. The molecule has 0 bridgehead atoms. The summed E-state index contributed by atoms with van der Waals surface area (Å²) in [6.07, 6.45) is 1.25. The molecule has 0 saturated heterocycles. The number of carboxylic acid groups (broad SMARTS) is 1. The molecule has 0 saturated carbocycles. The summed E-state index contributed by atoms with van der Waals surface area (Å²) >= 11 is 0. The van der Waals surface area contributed by atoms with Crippen molar-refractivity contribution in [3.8, 4) is 5.69 Å². The second-order valence-corrected chi connectivity index (χ2v) is 5.17. The molecule has 2 aromatic heterocycles. The number of aromatic carboxylic acids is 1. The summed E-state index contributed by atoms with van der Waals surface area (Å²) in [5.41, 5.74) is 1.35. The number of aliphatic hydroxyl groups is 2. The molecule has 0 radical (unpaired) electrons. The van der Waals surface area contributed by atoms with Gasteiger partial charge in [-0.25, -0.2) is 9.78 Å². The Morgan fingerprint density at radius 3 is 2.62 bits per heavy atom. The smallest absolute Gasteiger partial charge is 0.337 e. The highest BCUT2D eigenvalue weighted by atomic mass is 16.4. The number of rotatable bonds is 5. The van der Waals surface area contributed by atoms with E-state index in [4.69, 9.17) is 10.2 Å². The van der Waals surface area contributed by atoms with Gasteiger partial charge in [-0.1, -0.05) is 0 Å². The Kier molecular flexibility index (Phi) is 4.15. The van der Waals surface area contributed by atoms with Gasteiger partial charge in [-0.2, -0.15) is 0 Å². The summed E-state index contributed by atoms with van der Waals surface area (Å²) < 4.78 is 2.92. The quantitative estimate of drug-likeness (QED) is 0.622. The molecule has 0 atom stereocenters. The van der Waals surface area contributed by atoms with Crippen LogP contribution in [0.2, 0.25) is 0 Å². The summed E-state index contributed by atoms with van der Waals surface area (Å²) in [6, 6.07) is 7.45. The zero-order valence-corrected chi connectivity index (χ0v) is 12.6. The first-order valence-electron chi connectivity index (χ1n) is 7.22. The van der Waals surface area contributed by atoms with Crippen molar-refractivity contribution in [2.75, 3.05) is 6.61 Å². The highest BCUT2D eigenvalue weighted by Crippen LogP contribution is 2.20. The van der Waals surface area contributed by atoms with Crippen molar-refractivity contribution in [2.24, 2.45) is 0 Å². The number of nitrogens with zero attached hydrogens (tertiary/aromatic N) is 3. The number of pyridine rings is 1. The fourth-order valence-corrected chi connectivity index (χ4v) is 2.60. The van der Waals surface area contributed by atoms with E-state index in [0.717, 1.165) is 0 Å². The van der Waals surface area contributed by atoms with Crippen LogP contribution < -0.4 is 5.56 Å². The Labute approximate surface area is 135 Å². The summed E-state index contributed by atoms with van der Waals surface area (Å²) in [6.45, 7) is -0.0843. The van der Waals surface area contributed by atoms with E-state index in [1.807, 2.05) is 0 Å². The second-order valence-electron chi connectivity index (χ2n) is 5.17. The van der Waals surface area contributed by atoms with Crippen LogP contribution in [-0.2, 0) is 13.2 Å². The minimum atomic E-state index is -1.13. The molecule has 0 aliphatic heterocycles. The van der Waals surface area contributed by atoms with Crippen molar-refractivity contribution < 1.29 is 20.1 Å². The lowest BCUT2D eigenvalue weighted by atomic mass is 10.2. The van der Waals surface area contributed by atoms with Gasteiger partial charge in [-0.05, 0) is 24.3 Å². The molecule has 0 aliphatic carbocycles. The molecular formula is C16H15N3O5. The lowest BCUT2D eigenvalue weighted by molar-refractivity contribution is 0.0696. The number of carbonyl (C=O) groups is 1. The maximum absolute atomic E-state index is 12.0. The van der Waals surface area contributed by atoms with Crippen molar-refractivity contribution in [2.45, 2.75) is 13.2 Å². The van der Waals surface area contributed by atoms with Gasteiger partial charge in [-0.15, -0.1) is 0 Å². The lowest BCUT2D eigenvalue weighted by Gasteiger charge is -2.08. The standard InChI is InChI=1S/C16H15N3O5/c20-6-5-18-13-3-2-11(7-12(13)17-14(18)9-21)19-8-10(16(23)24)1-4-15(19)22/h1-4,7-8,20-21H,5-6,9H2,(H,23,24). The molecule has 8 nitrogen and oxygen atoms in total. The van der Waals surface area contributed by atoms with Crippen LogP contribution in [-0.4, -0.2) is 42.0 Å². The molecule has 124 valence electrons. The first-order valence-corrected chi connectivity index (χ1v) is 7.22. The van der Waals surface area contributed by atoms with E-state index >= 15 is 0 Å². The van der Waals surface area contributed by atoms with Gasteiger partial charge in [0, 0.05) is 18.8 Å². The van der Waals surface area contributed by atoms with Crippen LogP contribution in [0.25, 0.3) is 16.7 Å². The summed E-state index contributed by atoms with van der Waals surface area (Å²) in [5.74, 6) is -0.720. The molecule has 0 aliphatic rings. The van der Waals surface area contributed by atoms with Crippen LogP contribution in [0.3, 0.4) is 0 Å². The Hall–Kier alpha value is -2.97. The molecule has 24 heavy (non-hydrogen) atoms. The Morgan fingerprint density at radius 2 is 1.96 bits per heavy atom. The van der Waals surface area contributed by atoms with Gasteiger partial charge in [-0.3, -0.25) is 9.36 Å². The average molecular weight is 329 g/mol. The summed E-state index contributed by atoms with van der Waals surface area (Å²) in [4.78, 5) is 27.4. The van der Waals surface area contributed by atoms with E-state index in [-0.39, 0.29) is 24.3 Å². The van der Waals surface area contributed by atoms with Gasteiger partial charge in [0.1, 0.15) is 12.4 Å². The maximum Gasteiger partial charge on any atom is 0.337 e. The van der Waals surface area contributed by atoms with Crippen molar-refractivity contribution in [1.29, 1.82) is 0 Å². The van der Waals surface area contributed by atoms with E-state index in [2.05, 4.69) is 4.98 Å². The zero-order chi connectivity index (χ0) is 17.3. The van der Waals surface area contributed by atoms with Crippen LogP contribution in [0.5, 0.6) is 0 Å². The predicted molar refractivity (Wildman–Crippen MR) is 85.3 cm³/mol. The molecule has 8 heteroatoms. The fraction of sp³-hybridized carbons (Fsp3) is 0.188. The van der Waals surface area contributed by atoms with Crippen LogP contribution in [0.15, 0.2) is 41.3 Å². The first-order chi connectivity index (χ1) is 11.5. The average Bonchev–Trinajstić information content (AvgIpc) is 2.92. The summed E-state index contributed by atoms with van der Waals surface area (Å²) in [7, 11) is 0. The highest BCUT2D eigenvalue weighted by molar-refractivity contribution is 5.87.